The molecule has 1 aromatic rings. The zero-order valence-electron chi connectivity index (χ0n) is 12.7. The quantitative estimate of drug-likeness (QED) is 0.632. The van der Waals surface area contributed by atoms with Gasteiger partial charge in [0.25, 0.3) is 5.91 Å². The Balaban J connectivity index is 2.33. The van der Waals surface area contributed by atoms with Crippen LogP contribution in [0.15, 0.2) is 6.07 Å². The van der Waals surface area contributed by atoms with Gasteiger partial charge in [-0.05, 0) is 26.8 Å². The lowest BCUT2D eigenvalue weighted by molar-refractivity contribution is -0.125. The lowest BCUT2D eigenvalue weighted by Gasteiger charge is -2.09. The summed E-state index contributed by atoms with van der Waals surface area (Å²) in [5, 5.41) is 11.5. The van der Waals surface area contributed by atoms with E-state index in [0.717, 1.165) is 5.69 Å². The highest BCUT2D eigenvalue weighted by Gasteiger charge is 2.12. The van der Waals surface area contributed by atoms with Crippen LogP contribution in [0.25, 0.3) is 0 Å². The smallest absolute Gasteiger partial charge is 0.272 e. The van der Waals surface area contributed by atoms with E-state index in [0.29, 0.717) is 0 Å². The highest BCUT2D eigenvalue weighted by Crippen LogP contribution is 2.00. The van der Waals surface area contributed by atoms with E-state index in [2.05, 4.69) is 21.0 Å². The van der Waals surface area contributed by atoms with Crippen LogP contribution in [0.2, 0.25) is 0 Å². The monoisotopic (exact) mass is 295 g/mol. The third-order valence-electron chi connectivity index (χ3n) is 2.65. The Bertz CT molecular complexity index is 516. The van der Waals surface area contributed by atoms with Gasteiger partial charge < -0.3 is 16.0 Å². The van der Waals surface area contributed by atoms with Crippen molar-refractivity contribution in [1.82, 2.24) is 25.7 Å². The fraction of sp³-hybridized carbons (Fsp3) is 0.538. The Morgan fingerprint density at radius 2 is 1.81 bits per heavy atom. The van der Waals surface area contributed by atoms with Gasteiger partial charge in [0.15, 0.2) is 0 Å². The number of rotatable bonds is 6. The molecule has 3 amide bonds. The van der Waals surface area contributed by atoms with Crippen molar-refractivity contribution in [2.24, 2.45) is 7.05 Å². The van der Waals surface area contributed by atoms with Crippen molar-refractivity contribution < 1.29 is 14.4 Å². The number of hydrogen-bond donors (Lipinski definition) is 3. The van der Waals surface area contributed by atoms with Crippen molar-refractivity contribution in [2.45, 2.75) is 26.8 Å². The molecule has 8 nitrogen and oxygen atoms in total. The summed E-state index contributed by atoms with van der Waals surface area (Å²) in [6.45, 7) is 5.16. The van der Waals surface area contributed by atoms with Crippen LogP contribution in [-0.4, -0.2) is 46.6 Å². The first kappa shape index (κ1) is 16.7. The van der Waals surface area contributed by atoms with Crippen LogP contribution in [0.5, 0.6) is 0 Å². The molecule has 3 N–H and O–H groups in total. The summed E-state index contributed by atoms with van der Waals surface area (Å²) >= 11 is 0. The fourth-order valence-corrected chi connectivity index (χ4v) is 1.54. The summed E-state index contributed by atoms with van der Waals surface area (Å²) in [5.74, 6) is -1.14. The van der Waals surface area contributed by atoms with Gasteiger partial charge in [-0.2, -0.15) is 5.10 Å². The fourth-order valence-electron chi connectivity index (χ4n) is 1.54. The molecule has 1 heterocycles. The summed E-state index contributed by atoms with van der Waals surface area (Å²) in [4.78, 5) is 34.6. The minimum Gasteiger partial charge on any atom is -0.352 e. The van der Waals surface area contributed by atoms with Gasteiger partial charge in [-0.3, -0.25) is 19.1 Å². The Morgan fingerprint density at radius 1 is 1.19 bits per heavy atom. The minimum atomic E-state index is -0.435. The maximum atomic E-state index is 11.8. The molecular weight excluding hydrogens is 274 g/mol. The van der Waals surface area contributed by atoms with Gasteiger partial charge in [0.1, 0.15) is 5.69 Å². The first-order valence-electron chi connectivity index (χ1n) is 6.64. The zero-order valence-corrected chi connectivity index (χ0v) is 12.7. The highest BCUT2D eigenvalue weighted by atomic mass is 16.2. The van der Waals surface area contributed by atoms with Crippen LogP contribution in [0.4, 0.5) is 0 Å². The maximum absolute atomic E-state index is 11.8. The van der Waals surface area contributed by atoms with E-state index in [1.165, 1.54) is 0 Å². The first-order valence-corrected chi connectivity index (χ1v) is 6.64. The molecule has 0 atom stereocenters. The van der Waals surface area contributed by atoms with Crippen molar-refractivity contribution in [1.29, 1.82) is 0 Å². The topological polar surface area (TPSA) is 105 Å². The van der Waals surface area contributed by atoms with Crippen LogP contribution >= 0.6 is 0 Å². The van der Waals surface area contributed by atoms with Gasteiger partial charge in [-0.1, -0.05) is 0 Å². The molecule has 0 unspecified atom stereocenters. The molecule has 21 heavy (non-hydrogen) atoms. The lowest BCUT2D eigenvalue weighted by Crippen LogP contribution is -2.43. The Morgan fingerprint density at radius 3 is 2.33 bits per heavy atom. The second-order valence-electron chi connectivity index (χ2n) is 4.98. The molecule has 0 aliphatic heterocycles. The first-order chi connectivity index (χ1) is 9.79. The molecule has 0 aliphatic rings. The molecule has 0 saturated heterocycles. The van der Waals surface area contributed by atoms with Gasteiger partial charge in [0, 0.05) is 18.8 Å². The summed E-state index contributed by atoms with van der Waals surface area (Å²) in [7, 11) is 1.73. The number of carbonyl (C=O) groups is 3. The second-order valence-corrected chi connectivity index (χ2v) is 4.98. The number of aryl methyl sites for hydroxylation is 2. The zero-order chi connectivity index (χ0) is 16.0. The predicted molar refractivity (Wildman–Crippen MR) is 76.6 cm³/mol. The number of carbonyl (C=O) groups excluding carboxylic acids is 3. The SMILES string of the molecule is Cc1cc(C(=O)NCC(=O)NCC(=O)NC(C)C)nn1C. The van der Waals surface area contributed by atoms with Gasteiger partial charge in [-0.15, -0.1) is 0 Å². The largest absolute Gasteiger partial charge is 0.352 e. The van der Waals surface area contributed by atoms with Gasteiger partial charge in [-0.25, -0.2) is 0 Å². The Kier molecular flexibility index (Phi) is 5.89. The van der Waals surface area contributed by atoms with E-state index < -0.39 is 11.8 Å². The van der Waals surface area contributed by atoms with Crippen LogP contribution in [0, 0.1) is 6.92 Å². The summed E-state index contributed by atoms with van der Waals surface area (Å²) in [6.07, 6.45) is 0. The molecular formula is C13H21N5O3. The van der Waals surface area contributed by atoms with E-state index >= 15 is 0 Å². The van der Waals surface area contributed by atoms with Crippen LogP contribution < -0.4 is 16.0 Å². The van der Waals surface area contributed by atoms with Crippen molar-refractivity contribution in [3.05, 3.63) is 17.5 Å². The van der Waals surface area contributed by atoms with Crippen LogP contribution in [0.1, 0.15) is 30.0 Å². The van der Waals surface area contributed by atoms with E-state index in [1.807, 2.05) is 20.8 Å². The molecule has 8 heteroatoms. The van der Waals surface area contributed by atoms with Crippen LogP contribution in [0.3, 0.4) is 0 Å². The molecule has 0 fully saturated rings. The van der Waals surface area contributed by atoms with Crippen molar-refractivity contribution in [3.63, 3.8) is 0 Å². The van der Waals surface area contributed by atoms with E-state index in [1.54, 1.807) is 17.8 Å². The average molecular weight is 295 g/mol. The van der Waals surface area contributed by atoms with Crippen molar-refractivity contribution in [2.75, 3.05) is 13.1 Å². The molecule has 0 bridgehead atoms. The van der Waals surface area contributed by atoms with E-state index in [-0.39, 0.29) is 30.7 Å². The summed E-state index contributed by atoms with van der Waals surface area (Å²) in [6, 6.07) is 1.64. The second kappa shape index (κ2) is 7.41. The molecule has 1 rings (SSSR count). The molecule has 0 aliphatic carbocycles. The average Bonchev–Trinajstić information content (AvgIpc) is 2.73. The number of hydrogen-bond acceptors (Lipinski definition) is 4. The maximum Gasteiger partial charge on any atom is 0.272 e. The van der Waals surface area contributed by atoms with Gasteiger partial charge >= 0.3 is 0 Å². The number of nitrogens with zero attached hydrogens (tertiary/aromatic N) is 2. The lowest BCUT2D eigenvalue weighted by atomic mass is 10.3. The normalized spacial score (nSPS) is 10.3. The molecule has 0 spiro atoms. The van der Waals surface area contributed by atoms with Crippen molar-refractivity contribution in [3.8, 4) is 0 Å². The van der Waals surface area contributed by atoms with Crippen molar-refractivity contribution >= 4 is 17.7 Å². The molecule has 0 saturated carbocycles. The number of amides is 3. The molecule has 0 aromatic carbocycles. The molecule has 1 aromatic heterocycles. The van der Waals surface area contributed by atoms with Crippen LogP contribution in [-0.2, 0) is 16.6 Å². The third kappa shape index (κ3) is 5.64. The van der Waals surface area contributed by atoms with E-state index in [9.17, 15) is 14.4 Å². The highest BCUT2D eigenvalue weighted by molar-refractivity contribution is 5.95. The third-order valence-corrected chi connectivity index (χ3v) is 2.65. The summed E-state index contributed by atoms with van der Waals surface area (Å²) < 4.78 is 1.57. The predicted octanol–water partition coefficient (Wildman–Crippen LogP) is -0.901. The van der Waals surface area contributed by atoms with Gasteiger partial charge in [0.05, 0.1) is 13.1 Å². The number of nitrogens with one attached hydrogen (secondary N) is 3. The van der Waals surface area contributed by atoms with E-state index in [4.69, 9.17) is 0 Å². The molecule has 116 valence electrons. The Labute approximate surface area is 123 Å². The standard InChI is InChI=1S/C13H21N5O3/c1-8(2)16-12(20)7-14-11(19)6-15-13(21)10-5-9(3)18(4)17-10/h5,8H,6-7H2,1-4H3,(H,14,19)(H,15,21)(H,16,20). The number of aromatic nitrogens is 2. The Hall–Kier alpha value is -2.38. The van der Waals surface area contributed by atoms with Gasteiger partial charge in [0.2, 0.25) is 11.8 Å². The molecule has 0 radical (unpaired) electrons. The summed E-state index contributed by atoms with van der Waals surface area (Å²) in [5.41, 5.74) is 1.09. The minimum absolute atomic E-state index is 0.0153.